The Morgan fingerprint density at radius 3 is 2.81 bits per heavy atom. The van der Waals surface area contributed by atoms with Crippen molar-refractivity contribution in [3.05, 3.63) is 69.7 Å². The van der Waals surface area contributed by atoms with Crippen molar-refractivity contribution in [3.8, 4) is 5.75 Å². The van der Waals surface area contributed by atoms with E-state index < -0.39 is 0 Å². The summed E-state index contributed by atoms with van der Waals surface area (Å²) in [6.45, 7) is 3.79. The third kappa shape index (κ3) is 3.69. The Morgan fingerprint density at radius 1 is 1.11 bits per heavy atom. The number of para-hydroxylation sites is 1. The number of hydrogen-bond donors (Lipinski definition) is 1. The van der Waals surface area contributed by atoms with Gasteiger partial charge < -0.3 is 14.8 Å². The molecule has 0 bridgehead atoms. The van der Waals surface area contributed by atoms with Crippen molar-refractivity contribution in [3.63, 3.8) is 0 Å². The summed E-state index contributed by atoms with van der Waals surface area (Å²) in [6.07, 6.45) is 5.60. The maximum Gasteiger partial charge on any atom is 0.142 e. The molecule has 0 spiro atoms. The van der Waals surface area contributed by atoms with Crippen molar-refractivity contribution in [2.75, 3.05) is 25.1 Å². The number of allylic oxidation sites excluding steroid dienone is 2. The maximum atomic E-state index is 6.55. The molecule has 3 atom stereocenters. The second kappa shape index (κ2) is 8.14. The van der Waals surface area contributed by atoms with Gasteiger partial charge in [0, 0.05) is 22.6 Å². The molecule has 0 amide bonds. The number of hydrogen-bond acceptors (Lipinski definition) is 3. The second-order valence-electron chi connectivity index (χ2n) is 6.91. The van der Waals surface area contributed by atoms with Crippen LogP contribution in [0.5, 0.6) is 5.75 Å². The van der Waals surface area contributed by atoms with E-state index in [0.29, 0.717) is 41.7 Å². The first-order chi connectivity index (χ1) is 13.2. The minimum absolute atomic E-state index is 0.110. The van der Waals surface area contributed by atoms with Crippen LogP contribution in [0.4, 0.5) is 5.69 Å². The molecule has 2 aromatic carbocycles. The van der Waals surface area contributed by atoms with Crippen molar-refractivity contribution in [1.82, 2.24) is 0 Å². The molecule has 1 heterocycles. The molecule has 0 fully saturated rings. The van der Waals surface area contributed by atoms with Crippen LogP contribution in [0, 0.1) is 5.92 Å². The first-order valence-electron chi connectivity index (χ1n) is 9.40. The zero-order valence-corrected chi connectivity index (χ0v) is 16.8. The van der Waals surface area contributed by atoms with Crippen LogP contribution in [0.25, 0.3) is 0 Å². The van der Waals surface area contributed by atoms with Crippen LogP contribution >= 0.6 is 23.2 Å². The van der Waals surface area contributed by atoms with E-state index in [1.165, 1.54) is 5.56 Å². The van der Waals surface area contributed by atoms with Crippen LogP contribution in [0.2, 0.25) is 10.0 Å². The highest BCUT2D eigenvalue weighted by Gasteiger charge is 2.39. The predicted molar refractivity (Wildman–Crippen MR) is 111 cm³/mol. The van der Waals surface area contributed by atoms with Gasteiger partial charge >= 0.3 is 0 Å². The molecule has 3 nitrogen and oxygen atoms in total. The minimum atomic E-state index is 0.110. The van der Waals surface area contributed by atoms with Gasteiger partial charge in [-0.2, -0.15) is 0 Å². The average molecular weight is 404 g/mol. The van der Waals surface area contributed by atoms with E-state index in [9.17, 15) is 0 Å². The molecule has 0 aromatic heterocycles. The monoisotopic (exact) mass is 403 g/mol. The lowest BCUT2D eigenvalue weighted by molar-refractivity contribution is 0.110. The van der Waals surface area contributed by atoms with Crippen LogP contribution in [0.1, 0.15) is 36.4 Å². The SMILES string of the molecule is CCOCCOc1cccc2c1NC(c1ccc(Cl)cc1Cl)C1CC=CC21. The lowest BCUT2D eigenvalue weighted by Gasteiger charge is -2.38. The fourth-order valence-corrected chi connectivity index (χ4v) is 4.66. The fourth-order valence-electron chi connectivity index (χ4n) is 4.13. The second-order valence-corrected chi connectivity index (χ2v) is 7.75. The maximum absolute atomic E-state index is 6.55. The first-order valence-corrected chi connectivity index (χ1v) is 10.2. The van der Waals surface area contributed by atoms with E-state index >= 15 is 0 Å². The molecule has 4 rings (SSSR count). The van der Waals surface area contributed by atoms with Gasteiger partial charge in [-0.3, -0.25) is 0 Å². The fraction of sp³-hybridized carbons (Fsp3) is 0.364. The molecular formula is C22H23Cl2NO2. The highest BCUT2D eigenvalue weighted by molar-refractivity contribution is 6.35. The molecule has 0 saturated heterocycles. The van der Waals surface area contributed by atoms with E-state index in [1.807, 2.05) is 31.2 Å². The molecule has 142 valence electrons. The van der Waals surface area contributed by atoms with E-state index in [4.69, 9.17) is 32.7 Å². The first kappa shape index (κ1) is 18.7. The Hall–Kier alpha value is -1.68. The average Bonchev–Trinajstić information content (AvgIpc) is 3.15. The summed E-state index contributed by atoms with van der Waals surface area (Å²) < 4.78 is 11.4. The summed E-state index contributed by atoms with van der Waals surface area (Å²) in [7, 11) is 0. The topological polar surface area (TPSA) is 30.5 Å². The van der Waals surface area contributed by atoms with Crippen LogP contribution in [0.15, 0.2) is 48.6 Å². The third-order valence-electron chi connectivity index (χ3n) is 5.35. The highest BCUT2D eigenvalue weighted by atomic mass is 35.5. The van der Waals surface area contributed by atoms with Crippen molar-refractivity contribution < 1.29 is 9.47 Å². The van der Waals surface area contributed by atoms with Crippen LogP contribution < -0.4 is 10.1 Å². The van der Waals surface area contributed by atoms with Gasteiger partial charge in [-0.15, -0.1) is 0 Å². The Bertz CT molecular complexity index is 852. The van der Waals surface area contributed by atoms with Gasteiger partial charge in [0.25, 0.3) is 0 Å². The molecule has 5 heteroatoms. The normalized spacial score (nSPS) is 22.9. The van der Waals surface area contributed by atoms with Crippen LogP contribution in [-0.2, 0) is 4.74 Å². The van der Waals surface area contributed by atoms with Crippen molar-refractivity contribution in [2.24, 2.45) is 5.92 Å². The number of ether oxygens (including phenoxy) is 2. The van der Waals surface area contributed by atoms with Crippen LogP contribution in [0.3, 0.4) is 0 Å². The predicted octanol–water partition coefficient (Wildman–Crippen LogP) is 6.24. The molecule has 27 heavy (non-hydrogen) atoms. The number of benzene rings is 2. The summed E-state index contributed by atoms with van der Waals surface area (Å²) in [5.74, 6) is 1.64. The molecule has 0 radical (unpaired) electrons. The summed E-state index contributed by atoms with van der Waals surface area (Å²) in [4.78, 5) is 0. The van der Waals surface area contributed by atoms with Gasteiger partial charge in [0.15, 0.2) is 0 Å². The van der Waals surface area contributed by atoms with Gasteiger partial charge in [-0.1, -0.05) is 53.6 Å². The standard InChI is InChI=1S/C22H23Cl2NO2/c1-2-26-11-12-27-20-8-4-7-17-15-5-3-6-16(15)21(25-22(17)20)18-10-9-14(23)13-19(18)24/h3-5,7-10,13,15-16,21,25H,2,6,11-12H2,1H3. The summed E-state index contributed by atoms with van der Waals surface area (Å²) in [6, 6.07) is 12.1. The molecule has 1 N–H and O–H groups in total. The van der Waals surface area contributed by atoms with E-state index in [1.54, 1.807) is 0 Å². The number of rotatable bonds is 6. The smallest absolute Gasteiger partial charge is 0.142 e. The van der Waals surface area contributed by atoms with Gasteiger partial charge in [-0.05, 0) is 48.6 Å². The largest absolute Gasteiger partial charge is 0.489 e. The highest BCUT2D eigenvalue weighted by Crippen LogP contribution is 2.53. The van der Waals surface area contributed by atoms with Gasteiger partial charge in [0.2, 0.25) is 0 Å². The zero-order valence-electron chi connectivity index (χ0n) is 15.3. The number of nitrogens with one attached hydrogen (secondary N) is 1. The van der Waals surface area contributed by atoms with Gasteiger partial charge in [0.1, 0.15) is 12.4 Å². The summed E-state index contributed by atoms with van der Waals surface area (Å²) >= 11 is 12.7. The summed E-state index contributed by atoms with van der Waals surface area (Å²) in [5, 5.41) is 5.07. The minimum Gasteiger partial charge on any atom is -0.489 e. The lowest BCUT2D eigenvalue weighted by Crippen LogP contribution is -2.29. The summed E-state index contributed by atoms with van der Waals surface area (Å²) in [5.41, 5.74) is 3.41. The van der Waals surface area contributed by atoms with Crippen LogP contribution in [-0.4, -0.2) is 19.8 Å². The van der Waals surface area contributed by atoms with Gasteiger partial charge in [-0.25, -0.2) is 0 Å². The van der Waals surface area contributed by atoms with E-state index in [0.717, 1.165) is 23.4 Å². The Kier molecular flexibility index (Phi) is 5.63. The molecule has 1 aliphatic heterocycles. The number of fused-ring (bicyclic) bond motifs is 3. The lowest BCUT2D eigenvalue weighted by atomic mass is 9.77. The Labute approximate surface area is 170 Å². The van der Waals surface area contributed by atoms with E-state index in [-0.39, 0.29) is 6.04 Å². The molecular weight excluding hydrogens is 381 g/mol. The zero-order chi connectivity index (χ0) is 18.8. The number of anilines is 1. The molecule has 0 saturated carbocycles. The molecule has 1 aliphatic carbocycles. The van der Waals surface area contributed by atoms with Crippen molar-refractivity contribution >= 4 is 28.9 Å². The van der Waals surface area contributed by atoms with E-state index in [2.05, 4.69) is 29.6 Å². The Balaban J connectivity index is 1.68. The molecule has 3 unspecified atom stereocenters. The van der Waals surface area contributed by atoms with Crippen molar-refractivity contribution in [1.29, 1.82) is 0 Å². The quantitative estimate of drug-likeness (QED) is 0.457. The molecule has 2 aromatic rings. The number of halogens is 2. The third-order valence-corrected chi connectivity index (χ3v) is 5.91. The van der Waals surface area contributed by atoms with Crippen molar-refractivity contribution in [2.45, 2.75) is 25.3 Å². The molecule has 2 aliphatic rings. The van der Waals surface area contributed by atoms with Gasteiger partial charge in [0.05, 0.1) is 18.3 Å². The Morgan fingerprint density at radius 2 is 2.00 bits per heavy atom.